The van der Waals surface area contributed by atoms with Gasteiger partial charge in [-0.05, 0) is 104 Å². The highest BCUT2D eigenvalue weighted by Gasteiger charge is 2.69. The molecule has 2 saturated heterocycles. The summed E-state index contributed by atoms with van der Waals surface area (Å²) < 4.78 is 16.6. The average molecular weight is 983 g/mol. The number of aryl methyl sites for hydroxylation is 2. The van der Waals surface area contributed by atoms with Gasteiger partial charge in [-0.2, -0.15) is 0 Å². The van der Waals surface area contributed by atoms with Gasteiger partial charge < -0.3 is 65.1 Å². The van der Waals surface area contributed by atoms with Crippen LogP contribution in [-0.4, -0.2) is 119 Å². The molecule has 376 valence electrons. The molecule has 10 N–H and O–H groups in total. The van der Waals surface area contributed by atoms with E-state index in [1.807, 2.05) is 31.6 Å². The topological polar surface area (TPSA) is 261 Å². The summed E-state index contributed by atoms with van der Waals surface area (Å²) in [6, 6.07) is 12.1. The summed E-state index contributed by atoms with van der Waals surface area (Å²) in [6.45, 7) is 3.28. The van der Waals surface area contributed by atoms with E-state index >= 15 is 0 Å². The minimum Gasteiger partial charge on any atom is -0.508 e. The Balaban J connectivity index is 1.11. The van der Waals surface area contributed by atoms with Crippen molar-refractivity contribution in [3.05, 3.63) is 129 Å². The van der Waals surface area contributed by atoms with Gasteiger partial charge in [0, 0.05) is 84.2 Å². The zero-order valence-electron chi connectivity index (χ0n) is 40.0. The first-order chi connectivity index (χ1) is 34.6. The second kappa shape index (κ2) is 16.9. The number of fused-ring (bicyclic) bond motifs is 6. The second-order valence-corrected chi connectivity index (χ2v) is 20.7. The van der Waals surface area contributed by atoms with E-state index in [9.17, 15) is 45.3 Å². The fourth-order valence-electron chi connectivity index (χ4n) is 13.7. The summed E-state index contributed by atoms with van der Waals surface area (Å²) in [4.78, 5) is 44.5. The maximum atomic E-state index is 14.1. The van der Waals surface area contributed by atoms with Gasteiger partial charge in [-0.15, -0.1) is 0 Å². The molecule has 12 atom stereocenters. The maximum absolute atomic E-state index is 14.1. The average Bonchev–Trinajstić information content (AvgIpc) is 4.08. The zero-order valence-corrected chi connectivity index (χ0v) is 40.0. The molecule has 3 aromatic heterocycles. The molecule has 12 rings (SSSR count). The molecule has 0 unspecified atom stereocenters. The number of phenolic OH excluding ortho intramolecular Hbond substituents is 2. The summed E-state index contributed by atoms with van der Waals surface area (Å²) in [5.41, 5.74) is -0.720. The molecule has 6 aliphatic rings. The van der Waals surface area contributed by atoms with Crippen molar-refractivity contribution in [3.8, 4) is 22.9 Å². The van der Waals surface area contributed by atoms with Gasteiger partial charge in [0.05, 0.1) is 17.5 Å². The number of carbonyl (C=O) groups is 1. The van der Waals surface area contributed by atoms with Crippen LogP contribution in [0.25, 0.3) is 38.3 Å². The first kappa shape index (κ1) is 46.8. The SMILES string of the molecule is CCc1c2cc[nH]c2cn1-c1c2c(cc3c(=O)cc(C)oc13)C[C@H]1OO[C@]3([C@@](O)(Cc4ccc(O)c5ccc(O)cc45)[C@@H](O)[C@H](O)[C@H](O)CO)C=CC4=C(CC3)[C@@H]3[C@@H]([C@H]5CNC(=O)C5)C=C[C@H]([C@@H]4NC)[C@@]31O2. The number of aromatic amines is 1. The molecule has 1 amide bonds. The number of aromatic nitrogens is 2. The lowest BCUT2D eigenvalue weighted by atomic mass is 9.51. The third-order valence-electron chi connectivity index (χ3n) is 17.1. The van der Waals surface area contributed by atoms with Gasteiger partial charge in [0.2, 0.25) is 5.91 Å². The number of H-pyrrole nitrogens is 1. The van der Waals surface area contributed by atoms with Crippen molar-refractivity contribution >= 4 is 38.6 Å². The minimum absolute atomic E-state index is 0.0626. The summed E-state index contributed by atoms with van der Waals surface area (Å²) in [7, 11) is 1.87. The van der Waals surface area contributed by atoms with Crippen molar-refractivity contribution in [1.29, 1.82) is 0 Å². The molecule has 0 saturated carbocycles. The number of carbonyl (C=O) groups excluding carboxylic acids is 1. The summed E-state index contributed by atoms with van der Waals surface area (Å²) in [5.74, 6) is -0.798. The number of hydrogen-bond donors (Lipinski definition) is 10. The Hall–Kier alpha value is -6.28. The summed E-state index contributed by atoms with van der Waals surface area (Å²) >= 11 is 0. The number of hydrogen-bond acceptors (Lipinski definition) is 14. The highest BCUT2D eigenvalue weighted by atomic mass is 17.2. The summed E-state index contributed by atoms with van der Waals surface area (Å²) in [5, 5.41) is 89.2. The largest absolute Gasteiger partial charge is 0.508 e. The first-order valence-corrected chi connectivity index (χ1v) is 24.8. The molecule has 6 aromatic rings. The fourth-order valence-corrected chi connectivity index (χ4v) is 13.7. The second-order valence-electron chi connectivity index (χ2n) is 20.7. The molecule has 17 nitrogen and oxygen atoms in total. The van der Waals surface area contributed by atoms with E-state index in [1.54, 1.807) is 19.1 Å². The van der Waals surface area contributed by atoms with Crippen LogP contribution in [-0.2, 0) is 33.8 Å². The van der Waals surface area contributed by atoms with Crippen molar-refractivity contribution in [2.24, 2.45) is 23.7 Å². The third kappa shape index (κ3) is 6.61. The standard InChI is InChI=1S/C55H58N4O13/c1-4-40-35-13-16-57-39(35)24-59(40)48-50-28(18-37-42(63)17-26(2)69-51(37)48)19-44-55(70-50)38-9-8-31(29-20-45(65)58-23-29)46(55)33-11-14-53(72-71-44,15-12-34(33)47(38)56-3)54(68,52(67)49(66)43(64)25-60)22-27-5-10-41(62)32-7-6-30(61)21-36(27)32/h5-10,12-13,15-18,21,24,29,31,38,43-44,46-47,49,52,56-57,60-62,64,66-68H,4,11,14,19-20,22-23,25H2,1-3H3,(H,58,65)/t29-,31-,38-,43-,44-,46+,47-,49-,52+,53+,54-,55+/m1/s1. The highest BCUT2D eigenvalue weighted by Crippen LogP contribution is 2.62. The number of likely N-dealkylation sites (N-methyl/N-ethyl adjacent to an activating group) is 1. The lowest BCUT2D eigenvalue weighted by molar-refractivity contribution is -0.428. The van der Waals surface area contributed by atoms with Crippen LogP contribution in [0.4, 0.5) is 0 Å². The van der Waals surface area contributed by atoms with E-state index in [4.69, 9.17) is 18.9 Å². The Morgan fingerprint density at radius 2 is 1.83 bits per heavy atom. The van der Waals surface area contributed by atoms with Gasteiger partial charge in [0.25, 0.3) is 0 Å². The molecule has 2 fully saturated rings. The number of benzene rings is 3. The Kier molecular flexibility index (Phi) is 11.0. The Morgan fingerprint density at radius 3 is 2.60 bits per heavy atom. The Morgan fingerprint density at radius 1 is 1.00 bits per heavy atom. The molecular weight excluding hydrogens is 925 g/mol. The van der Waals surface area contributed by atoms with Gasteiger partial charge >= 0.3 is 0 Å². The van der Waals surface area contributed by atoms with Crippen molar-refractivity contribution in [3.63, 3.8) is 0 Å². The van der Waals surface area contributed by atoms with Crippen molar-refractivity contribution < 1.29 is 59.5 Å². The third-order valence-corrected chi connectivity index (χ3v) is 17.1. The van der Waals surface area contributed by atoms with Crippen LogP contribution in [0.2, 0.25) is 0 Å². The molecule has 72 heavy (non-hydrogen) atoms. The number of nitrogens with one attached hydrogen (secondary N) is 3. The number of rotatable bonds is 11. The van der Waals surface area contributed by atoms with Crippen LogP contribution in [0.15, 0.2) is 106 Å². The van der Waals surface area contributed by atoms with Crippen LogP contribution < -0.4 is 20.8 Å². The molecule has 6 heterocycles. The molecule has 3 aliphatic heterocycles. The lowest BCUT2D eigenvalue weighted by Crippen LogP contribution is -2.71. The lowest BCUT2D eigenvalue weighted by Gasteiger charge is -2.60. The minimum atomic E-state index is -2.60. The van der Waals surface area contributed by atoms with Crippen LogP contribution in [0, 0.1) is 30.6 Å². The number of aliphatic hydroxyl groups is 5. The van der Waals surface area contributed by atoms with E-state index in [0.29, 0.717) is 63.0 Å². The van der Waals surface area contributed by atoms with Gasteiger partial charge in [-0.25, -0.2) is 9.78 Å². The van der Waals surface area contributed by atoms with Crippen LogP contribution >= 0.6 is 0 Å². The normalized spacial score (nSPS) is 29.5. The Labute approximate surface area is 412 Å². The number of aliphatic hydroxyl groups excluding tert-OH is 4. The smallest absolute Gasteiger partial charge is 0.220 e. The van der Waals surface area contributed by atoms with E-state index in [2.05, 4.69) is 39.3 Å². The Bertz CT molecular complexity index is 3370. The van der Waals surface area contributed by atoms with Gasteiger partial charge in [-0.3, -0.25) is 9.59 Å². The van der Waals surface area contributed by atoms with Crippen LogP contribution in [0.1, 0.15) is 48.8 Å². The van der Waals surface area contributed by atoms with Crippen molar-refractivity contribution in [1.82, 2.24) is 20.2 Å². The number of allylic oxidation sites excluding steroid dienone is 1. The number of amides is 1. The molecular formula is C55H58N4O13. The number of aromatic hydroxyl groups is 2. The van der Waals surface area contributed by atoms with Gasteiger partial charge in [-0.1, -0.05) is 36.8 Å². The van der Waals surface area contributed by atoms with E-state index in [-0.39, 0.29) is 60.4 Å². The summed E-state index contributed by atoms with van der Waals surface area (Å²) in [6.07, 6.45) is 5.13. The number of phenols is 2. The monoisotopic (exact) mass is 982 g/mol. The van der Waals surface area contributed by atoms with Gasteiger partial charge in [0.15, 0.2) is 28.0 Å². The molecule has 17 heteroatoms. The molecule has 0 radical (unpaired) electrons. The van der Waals surface area contributed by atoms with E-state index < -0.39 is 72.1 Å². The quantitative estimate of drug-likeness (QED) is 0.0648. The molecule has 5 bridgehead atoms. The number of ether oxygens (including phenoxy) is 1. The van der Waals surface area contributed by atoms with Gasteiger partial charge in [0.1, 0.15) is 53.0 Å². The fraction of sp³-hybridized carbons (Fsp3) is 0.418. The molecule has 1 spiro atoms. The predicted octanol–water partition coefficient (Wildman–Crippen LogP) is 4.09. The molecule has 3 aromatic carbocycles. The van der Waals surface area contributed by atoms with E-state index in [0.717, 1.165) is 27.7 Å². The van der Waals surface area contributed by atoms with E-state index in [1.165, 1.54) is 36.4 Å². The molecule has 3 aliphatic carbocycles. The van der Waals surface area contributed by atoms with Crippen LogP contribution in [0.5, 0.6) is 17.2 Å². The number of nitrogens with zero attached hydrogens (tertiary/aromatic N) is 1. The maximum Gasteiger partial charge on any atom is 0.220 e. The highest BCUT2D eigenvalue weighted by molar-refractivity contribution is 5.93. The van der Waals surface area contributed by atoms with Crippen LogP contribution in [0.3, 0.4) is 0 Å². The predicted molar refractivity (Wildman–Crippen MR) is 264 cm³/mol. The van der Waals surface area contributed by atoms with Crippen molar-refractivity contribution in [2.45, 2.75) is 99.6 Å². The van der Waals surface area contributed by atoms with Crippen molar-refractivity contribution in [2.75, 3.05) is 20.2 Å². The zero-order chi connectivity index (χ0) is 50.2. The first-order valence-electron chi connectivity index (χ1n) is 24.8.